The summed E-state index contributed by atoms with van der Waals surface area (Å²) in [6.07, 6.45) is 8.24. The Morgan fingerprint density at radius 1 is 0.580 bits per heavy atom. The first-order valence-electron chi connectivity index (χ1n) is 19.2. The summed E-state index contributed by atoms with van der Waals surface area (Å²) in [6.45, 7) is 9.85. The number of nitrogens with zero attached hydrogens (tertiary/aromatic N) is 1. The quantitative estimate of drug-likeness (QED) is 0.187. The molecule has 0 amide bonds. The Labute approximate surface area is 302 Å². The maximum absolute atomic E-state index is 2.68. The molecule has 5 aromatic carbocycles. The molecular formula is C48H47NS. The largest absolute Gasteiger partial charge is 0.310 e. The van der Waals surface area contributed by atoms with Gasteiger partial charge in [0.1, 0.15) is 0 Å². The highest BCUT2D eigenvalue weighted by atomic mass is 32.2. The van der Waals surface area contributed by atoms with E-state index in [1.54, 1.807) is 11.1 Å². The van der Waals surface area contributed by atoms with Crippen LogP contribution in [0, 0.1) is 29.1 Å². The second-order valence-electron chi connectivity index (χ2n) is 18.1. The molecule has 0 saturated heterocycles. The fourth-order valence-electron chi connectivity index (χ4n) is 13.0. The summed E-state index contributed by atoms with van der Waals surface area (Å²) in [7, 11) is 0. The van der Waals surface area contributed by atoms with Crippen molar-refractivity contribution in [3.05, 3.63) is 138 Å². The lowest BCUT2D eigenvalue weighted by Gasteiger charge is -2.78. The lowest BCUT2D eigenvalue weighted by atomic mass is 9.26. The minimum Gasteiger partial charge on any atom is -0.310 e. The molecule has 0 N–H and O–H groups in total. The van der Waals surface area contributed by atoms with Crippen molar-refractivity contribution in [3.8, 4) is 11.1 Å². The molecule has 4 fully saturated rings. The van der Waals surface area contributed by atoms with E-state index in [1.165, 1.54) is 87.6 Å². The van der Waals surface area contributed by atoms with Crippen molar-refractivity contribution in [2.75, 3.05) is 4.90 Å². The molecule has 0 radical (unpaired) electrons. The van der Waals surface area contributed by atoms with Gasteiger partial charge in [0.2, 0.25) is 0 Å². The van der Waals surface area contributed by atoms with Crippen molar-refractivity contribution in [1.82, 2.24) is 0 Å². The summed E-state index contributed by atoms with van der Waals surface area (Å²) in [5.41, 5.74) is 13.8. The van der Waals surface area contributed by atoms with Gasteiger partial charge in [0, 0.05) is 26.6 Å². The van der Waals surface area contributed by atoms with Crippen LogP contribution in [0.25, 0.3) is 11.1 Å². The van der Waals surface area contributed by atoms with Crippen LogP contribution in [0.2, 0.25) is 0 Å². The zero-order valence-corrected chi connectivity index (χ0v) is 30.7. The van der Waals surface area contributed by atoms with E-state index >= 15 is 0 Å². The standard InChI is InChI=1S/C48H47NS/c1-45(2)22-23-46(3,4)44-37(45)16-11-17-39(44)49(34-14-9-6-10-15-34)35-19-21-40-38(28-35)48(42-25-30-24-33-27-43(48)47(33,42)29-30)36-20-18-32(26-41(36)50-40)31-12-7-5-8-13-31/h5-21,26,28,30,33,42-43H,22-25,27,29H2,1-4H3. The summed E-state index contributed by atoms with van der Waals surface area (Å²) < 4.78 is 0. The van der Waals surface area contributed by atoms with Crippen LogP contribution in [0.4, 0.5) is 17.1 Å². The number of fused-ring (bicyclic) bond motifs is 8. The molecule has 2 bridgehead atoms. The van der Waals surface area contributed by atoms with Crippen LogP contribution in [0.15, 0.2) is 125 Å². The molecule has 0 aromatic heterocycles. The van der Waals surface area contributed by atoms with Crippen LogP contribution in [0.1, 0.15) is 88.5 Å². The van der Waals surface area contributed by atoms with Crippen LogP contribution >= 0.6 is 11.8 Å². The highest BCUT2D eigenvalue weighted by molar-refractivity contribution is 7.99. The molecule has 6 atom stereocenters. The summed E-state index contributed by atoms with van der Waals surface area (Å²) in [6, 6.07) is 44.5. The van der Waals surface area contributed by atoms with Crippen molar-refractivity contribution in [2.24, 2.45) is 29.1 Å². The molecule has 2 spiro atoms. The number of hydrogen-bond donors (Lipinski definition) is 0. The van der Waals surface area contributed by atoms with E-state index in [0.717, 1.165) is 23.7 Å². The average Bonchev–Trinajstić information content (AvgIpc) is 3.66. The van der Waals surface area contributed by atoms with Gasteiger partial charge in [-0.1, -0.05) is 112 Å². The Bertz CT molecular complexity index is 2200. The fourth-order valence-corrected chi connectivity index (χ4v) is 14.2. The van der Waals surface area contributed by atoms with E-state index in [1.807, 2.05) is 11.8 Å². The van der Waals surface area contributed by atoms with E-state index in [0.29, 0.717) is 5.41 Å². The van der Waals surface area contributed by atoms with Gasteiger partial charge >= 0.3 is 0 Å². The smallest absolute Gasteiger partial charge is 0.0502 e. The van der Waals surface area contributed by atoms with Gasteiger partial charge < -0.3 is 4.90 Å². The number of benzene rings is 5. The van der Waals surface area contributed by atoms with Crippen LogP contribution < -0.4 is 4.90 Å². The first-order chi connectivity index (χ1) is 24.2. The monoisotopic (exact) mass is 669 g/mol. The Hall–Kier alpha value is -3.75. The van der Waals surface area contributed by atoms with Crippen LogP contribution in [0.3, 0.4) is 0 Å². The molecule has 11 rings (SSSR count). The van der Waals surface area contributed by atoms with Gasteiger partial charge in [-0.3, -0.25) is 0 Å². The second-order valence-corrected chi connectivity index (χ2v) is 19.1. The highest BCUT2D eigenvalue weighted by Crippen LogP contribution is 2.89. The zero-order chi connectivity index (χ0) is 33.6. The van der Waals surface area contributed by atoms with Gasteiger partial charge in [0.25, 0.3) is 0 Å². The van der Waals surface area contributed by atoms with Gasteiger partial charge in [-0.2, -0.15) is 0 Å². The van der Waals surface area contributed by atoms with E-state index in [9.17, 15) is 0 Å². The zero-order valence-electron chi connectivity index (χ0n) is 29.9. The van der Waals surface area contributed by atoms with Gasteiger partial charge in [-0.15, -0.1) is 0 Å². The maximum Gasteiger partial charge on any atom is 0.0502 e. The summed E-state index contributed by atoms with van der Waals surface area (Å²) in [5.74, 6) is 3.44. The third-order valence-electron chi connectivity index (χ3n) is 15.0. The van der Waals surface area contributed by atoms with Crippen molar-refractivity contribution in [1.29, 1.82) is 0 Å². The molecule has 6 aliphatic rings. The molecule has 1 heterocycles. The molecule has 2 heteroatoms. The van der Waals surface area contributed by atoms with Gasteiger partial charge in [0.05, 0.1) is 5.69 Å². The number of rotatable bonds is 4. The van der Waals surface area contributed by atoms with Crippen LogP contribution in [0.5, 0.6) is 0 Å². The summed E-state index contributed by atoms with van der Waals surface area (Å²) in [4.78, 5) is 5.60. The molecule has 4 saturated carbocycles. The normalized spacial score (nSPS) is 31.1. The van der Waals surface area contributed by atoms with Crippen molar-refractivity contribution < 1.29 is 0 Å². The molecule has 5 aliphatic carbocycles. The predicted octanol–water partition coefficient (Wildman–Crippen LogP) is 13.0. The third-order valence-corrected chi connectivity index (χ3v) is 16.1. The number of anilines is 3. The molecule has 250 valence electrons. The average molecular weight is 670 g/mol. The van der Waals surface area contributed by atoms with Crippen molar-refractivity contribution in [2.45, 2.75) is 92.3 Å². The number of hydrogen-bond acceptors (Lipinski definition) is 2. The summed E-state index contributed by atoms with van der Waals surface area (Å²) >= 11 is 2.03. The lowest BCUT2D eigenvalue weighted by Crippen LogP contribution is -2.74. The van der Waals surface area contributed by atoms with Gasteiger partial charge in [-0.05, 0) is 154 Å². The first kappa shape index (κ1) is 29.9. The lowest BCUT2D eigenvalue weighted by molar-refractivity contribution is -0.235. The van der Waals surface area contributed by atoms with E-state index in [-0.39, 0.29) is 16.2 Å². The minimum atomic E-state index is 0.0968. The van der Waals surface area contributed by atoms with Gasteiger partial charge in [0.15, 0.2) is 0 Å². The maximum atomic E-state index is 2.68. The van der Waals surface area contributed by atoms with Gasteiger partial charge in [-0.25, -0.2) is 0 Å². The van der Waals surface area contributed by atoms with Crippen molar-refractivity contribution in [3.63, 3.8) is 0 Å². The first-order valence-corrected chi connectivity index (χ1v) is 20.0. The Morgan fingerprint density at radius 3 is 2.14 bits per heavy atom. The van der Waals surface area contributed by atoms with E-state index in [4.69, 9.17) is 0 Å². The Morgan fingerprint density at radius 2 is 1.34 bits per heavy atom. The van der Waals surface area contributed by atoms with Crippen LogP contribution in [-0.4, -0.2) is 0 Å². The molecule has 50 heavy (non-hydrogen) atoms. The SMILES string of the molecule is CC1(C)CCC(C)(C)c2c(N(c3ccccc3)c3ccc4c(c3)C3(c5ccc(-c6ccccc6)cc5S4)C4CC5CC6CC3C64C5)cccc21. The van der Waals surface area contributed by atoms with E-state index < -0.39 is 0 Å². The second kappa shape index (κ2) is 9.97. The van der Waals surface area contributed by atoms with Crippen molar-refractivity contribution >= 4 is 28.8 Å². The van der Waals surface area contributed by atoms with Crippen LogP contribution in [-0.2, 0) is 16.2 Å². The molecular weight excluding hydrogens is 623 g/mol. The molecule has 1 nitrogen and oxygen atoms in total. The fraction of sp³-hybridized carbons (Fsp3) is 0.375. The third kappa shape index (κ3) is 3.67. The Balaban J connectivity index is 1.12. The minimum absolute atomic E-state index is 0.0968. The molecule has 6 unspecified atom stereocenters. The molecule has 5 aromatic rings. The number of para-hydroxylation sites is 1. The molecule has 1 aliphatic heterocycles. The Kier molecular flexibility index (Phi) is 5.97. The topological polar surface area (TPSA) is 3.24 Å². The summed E-state index contributed by atoms with van der Waals surface area (Å²) in [5, 5.41) is 0. The highest BCUT2D eigenvalue weighted by Gasteiger charge is 2.84. The van der Waals surface area contributed by atoms with E-state index in [2.05, 4.69) is 148 Å². The predicted molar refractivity (Wildman–Crippen MR) is 208 cm³/mol.